The number of hydrogen-bond donors (Lipinski definition) is 0. The lowest BCUT2D eigenvalue weighted by Gasteiger charge is -2.23. The molecule has 0 atom stereocenters. The number of fused-ring (bicyclic) bond motifs is 2. The third kappa shape index (κ3) is 3.57. The van der Waals surface area contributed by atoms with E-state index in [1.807, 2.05) is 74.5 Å². The van der Waals surface area contributed by atoms with E-state index in [4.69, 9.17) is 0 Å². The number of benzene rings is 4. The number of anilines is 1. The van der Waals surface area contributed by atoms with Crippen LogP contribution in [0.2, 0.25) is 0 Å². The predicted molar refractivity (Wildman–Crippen MR) is 133 cm³/mol. The Labute approximate surface area is 191 Å². The molecule has 0 aliphatic rings. The molecule has 0 N–H and O–H groups in total. The van der Waals surface area contributed by atoms with Crippen LogP contribution in [0.1, 0.15) is 23.1 Å². The Balaban J connectivity index is 1.53. The summed E-state index contributed by atoms with van der Waals surface area (Å²) in [4.78, 5) is 32.9. The summed E-state index contributed by atoms with van der Waals surface area (Å²) in [5, 5.41) is 2.70. The van der Waals surface area contributed by atoms with Crippen molar-refractivity contribution < 1.29 is 4.79 Å². The summed E-state index contributed by atoms with van der Waals surface area (Å²) in [5.74, 6) is 0.518. The molecule has 1 amide bonds. The van der Waals surface area contributed by atoms with Crippen molar-refractivity contribution in [2.45, 2.75) is 13.8 Å². The largest absolute Gasteiger partial charge is 0.308 e. The highest BCUT2D eigenvalue weighted by atomic mass is 16.2. The first-order chi connectivity index (χ1) is 16.1. The van der Waals surface area contributed by atoms with E-state index in [-0.39, 0.29) is 11.5 Å². The maximum absolute atomic E-state index is 13.4. The van der Waals surface area contributed by atoms with Gasteiger partial charge in [0.05, 0.1) is 22.3 Å². The van der Waals surface area contributed by atoms with Gasteiger partial charge >= 0.3 is 0 Å². The minimum atomic E-state index is -0.122. The number of aromatic nitrogens is 2. The molecule has 0 spiro atoms. The van der Waals surface area contributed by atoms with E-state index >= 15 is 0 Å². The van der Waals surface area contributed by atoms with Crippen LogP contribution in [0.3, 0.4) is 0 Å². The normalized spacial score (nSPS) is 11.1. The van der Waals surface area contributed by atoms with Crippen LogP contribution in [0.5, 0.6) is 0 Å². The first-order valence-electron chi connectivity index (χ1n) is 11.0. The third-order valence-electron chi connectivity index (χ3n) is 5.93. The second-order valence-corrected chi connectivity index (χ2v) is 7.91. The van der Waals surface area contributed by atoms with E-state index in [9.17, 15) is 9.59 Å². The Morgan fingerprint density at radius 1 is 0.848 bits per heavy atom. The van der Waals surface area contributed by atoms with E-state index < -0.39 is 0 Å². The van der Waals surface area contributed by atoms with E-state index in [0.717, 1.165) is 16.5 Å². The van der Waals surface area contributed by atoms with Crippen LogP contribution in [-0.4, -0.2) is 22.0 Å². The zero-order chi connectivity index (χ0) is 22.9. The van der Waals surface area contributed by atoms with E-state index in [2.05, 4.69) is 4.98 Å². The summed E-state index contributed by atoms with van der Waals surface area (Å²) >= 11 is 0. The maximum atomic E-state index is 13.4. The Hall–Kier alpha value is -4.25. The molecule has 0 aliphatic heterocycles. The molecule has 1 aromatic heterocycles. The molecule has 0 radical (unpaired) electrons. The van der Waals surface area contributed by atoms with Crippen molar-refractivity contribution in [1.82, 2.24) is 9.55 Å². The Kier molecular flexibility index (Phi) is 5.23. The van der Waals surface area contributed by atoms with Crippen LogP contribution >= 0.6 is 0 Å². The zero-order valence-corrected chi connectivity index (χ0v) is 18.5. The van der Waals surface area contributed by atoms with Gasteiger partial charge in [0, 0.05) is 17.5 Å². The fourth-order valence-electron chi connectivity index (χ4n) is 4.32. The summed E-state index contributed by atoms with van der Waals surface area (Å²) in [6, 6.07) is 28.5. The Morgan fingerprint density at radius 3 is 2.27 bits per heavy atom. The molecule has 5 nitrogen and oxygen atoms in total. The number of hydrogen-bond acceptors (Lipinski definition) is 3. The van der Waals surface area contributed by atoms with Crippen LogP contribution in [0.4, 0.5) is 5.69 Å². The molecule has 1 heterocycles. The molecular formula is C28H23N3O2. The van der Waals surface area contributed by atoms with Crippen molar-refractivity contribution in [3.8, 4) is 5.69 Å². The highest BCUT2D eigenvalue weighted by Gasteiger charge is 2.18. The van der Waals surface area contributed by atoms with Crippen LogP contribution in [0.15, 0.2) is 95.8 Å². The van der Waals surface area contributed by atoms with Gasteiger partial charge in [-0.15, -0.1) is 0 Å². The molecule has 162 valence electrons. The standard InChI is InChI=1S/C28H23N3O2/c1-3-30(26-14-8-10-20-9-4-5-11-23(20)26)27(32)21-15-17-22(18-16-21)31-19(2)29-25-13-7-6-12-24(25)28(31)33/h4-18H,3H2,1-2H3. The molecule has 4 aromatic carbocycles. The molecule has 0 saturated carbocycles. The van der Waals surface area contributed by atoms with Gasteiger partial charge in [-0.2, -0.15) is 0 Å². The van der Waals surface area contributed by atoms with E-state index in [1.165, 1.54) is 0 Å². The van der Waals surface area contributed by atoms with E-state index in [0.29, 0.717) is 34.5 Å². The van der Waals surface area contributed by atoms with Gasteiger partial charge in [0.15, 0.2) is 0 Å². The topological polar surface area (TPSA) is 55.2 Å². The van der Waals surface area contributed by atoms with Gasteiger partial charge in [-0.3, -0.25) is 14.2 Å². The van der Waals surface area contributed by atoms with Crippen molar-refractivity contribution in [3.05, 3.63) is 113 Å². The van der Waals surface area contributed by atoms with Crippen LogP contribution in [-0.2, 0) is 0 Å². The van der Waals surface area contributed by atoms with Crippen molar-refractivity contribution in [2.24, 2.45) is 0 Å². The molecule has 5 aromatic rings. The minimum Gasteiger partial charge on any atom is -0.308 e. The minimum absolute atomic E-state index is 0.0823. The molecule has 0 unspecified atom stereocenters. The lowest BCUT2D eigenvalue weighted by atomic mass is 10.1. The van der Waals surface area contributed by atoms with Gasteiger partial charge in [0.2, 0.25) is 0 Å². The van der Waals surface area contributed by atoms with Gasteiger partial charge in [-0.05, 0) is 61.7 Å². The Bertz CT molecular complexity index is 1550. The van der Waals surface area contributed by atoms with Crippen LogP contribution in [0.25, 0.3) is 27.4 Å². The molecular weight excluding hydrogens is 410 g/mol. The van der Waals surface area contributed by atoms with Gasteiger partial charge in [0.25, 0.3) is 11.5 Å². The van der Waals surface area contributed by atoms with Gasteiger partial charge < -0.3 is 4.90 Å². The summed E-state index contributed by atoms with van der Waals surface area (Å²) in [6.07, 6.45) is 0. The first-order valence-corrected chi connectivity index (χ1v) is 11.0. The number of rotatable bonds is 4. The summed E-state index contributed by atoms with van der Waals surface area (Å²) < 4.78 is 1.58. The fourth-order valence-corrected chi connectivity index (χ4v) is 4.32. The quantitative estimate of drug-likeness (QED) is 0.375. The molecule has 33 heavy (non-hydrogen) atoms. The van der Waals surface area contributed by atoms with E-state index in [1.54, 1.807) is 39.8 Å². The predicted octanol–water partition coefficient (Wildman–Crippen LogP) is 5.51. The van der Waals surface area contributed by atoms with Crippen LogP contribution in [0, 0.1) is 6.92 Å². The number of para-hydroxylation sites is 1. The van der Waals surface area contributed by atoms with Crippen molar-refractivity contribution in [1.29, 1.82) is 0 Å². The second-order valence-electron chi connectivity index (χ2n) is 7.91. The second kappa shape index (κ2) is 8.36. The molecule has 0 aliphatic carbocycles. The monoisotopic (exact) mass is 433 g/mol. The summed E-state index contributed by atoms with van der Waals surface area (Å²) in [5.41, 5.74) is 2.68. The van der Waals surface area contributed by atoms with Gasteiger partial charge in [0.1, 0.15) is 5.82 Å². The van der Waals surface area contributed by atoms with Crippen molar-refractivity contribution >= 4 is 33.3 Å². The molecule has 5 heteroatoms. The number of nitrogens with zero attached hydrogens (tertiary/aromatic N) is 3. The van der Waals surface area contributed by atoms with Crippen molar-refractivity contribution in [3.63, 3.8) is 0 Å². The molecule has 5 rings (SSSR count). The maximum Gasteiger partial charge on any atom is 0.265 e. The van der Waals surface area contributed by atoms with Crippen molar-refractivity contribution in [2.75, 3.05) is 11.4 Å². The number of carbonyl (C=O) groups excluding carboxylic acids is 1. The highest BCUT2D eigenvalue weighted by molar-refractivity contribution is 6.10. The lowest BCUT2D eigenvalue weighted by molar-refractivity contribution is 0.0988. The number of amides is 1. The molecule has 0 saturated heterocycles. The highest BCUT2D eigenvalue weighted by Crippen LogP contribution is 2.28. The first kappa shape index (κ1) is 20.6. The summed E-state index contributed by atoms with van der Waals surface area (Å²) in [7, 11) is 0. The molecule has 0 fully saturated rings. The van der Waals surface area contributed by atoms with Gasteiger partial charge in [-0.1, -0.05) is 48.5 Å². The lowest BCUT2D eigenvalue weighted by Crippen LogP contribution is -2.30. The number of aryl methyl sites for hydroxylation is 1. The zero-order valence-electron chi connectivity index (χ0n) is 18.5. The number of carbonyl (C=O) groups is 1. The molecule has 0 bridgehead atoms. The fraction of sp³-hybridized carbons (Fsp3) is 0.107. The van der Waals surface area contributed by atoms with Crippen LogP contribution < -0.4 is 10.5 Å². The third-order valence-corrected chi connectivity index (χ3v) is 5.93. The SMILES string of the molecule is CCN(C(=O)c1ccc(-n2c(C)nc3ccccc3c2=O)cc1)c1cccc2ccccc12. The van der Waals surface area contributed by atoms with Gasteiger partial charge in [-0.25, -0.2) is 4.98 Å². The average Bonchev–Trinajstić information content (AvgIpc) is 2.85. The Morgan fingerprint density at radius 2 is 1.52 bits per heavy atom. The smallest absolute Gasteiger partial charge is 0.265 e. The summed E-state index contributed by atoms with van der Waals surface area (Å²) in [6.45, 7) is 4.33. The average molecular weight is 434 g/mol.